The number of carbonyl (C=O) groups is 2. The van der Waals surface area contributed by atoms with Crippen LogP contribution < -0.4 is 15.5 Å². The van der Waals surface area contributed by atoms with Gasteiger partial charge in [0.15, 0.2) is 0 Å². The fourth-order valence-electron chi connectivity index (χ4n) is 3.52. The minimum absolute atomic E-state index is 0.000852. The van der Waals surface area contributed by atoms with Gasteiger partial charge in [-0.05, 0) is 63.2 Å². The molecular weight excluding hydrogens is 472 g/mol. The Balaban J connectivity index is 2.25. The number of benzene rings is 2. The van der Waals surface area contributed by atoms with Gasteiger partial charge in [-0.25, -0.2) is 13.9 Å². The topological polar surface area (TPSA) is 128 Å². The van der Waals surface area contributed by atoms with E-state index in [1.165, 1.54) is 31.4 Å². The van der Waals surface area contributed by atoms with E-state index in [1.807, 2.05) is 6.07 Å². The summed E-state index contributed by atoms with van der Waals surface area (Å²) in [4.78, 5) is 26.2. The molecule has 3 N–H and O–H groups in total. The summed E-state index contributed by atoms with van der Waals surface area (Å²) >= 11 is 0. The maximum atomic E-state index is 13.6. The number of nitrogens with zero attached hydrogens (tertiary/aromatic N) is 2. The summed E-state index contributed by atoms with van der Waals surface area (Å²) in [5.41, 5.74) is 2.30. The van der Waals surface area contributed by atoms with Crippen LogP contribution in [-0.4, -0.2) is 75.0 Å². The Bertz CT molecular complexity index is 1050. The summed E-state index contributed by atoms with van der Waals surface area (Å²) in [6.07, 6.45) is 1.14. The number of hydrogen-bond donors (Lipinski definition) is 3. The monoisotopic (exact) mass is 506 g/mol. The summed E-state index contributed by atoms with van der Waals surface area (Å²) in [7, 11) is 0.952. The lowest BCUT2D eigenvalue weighted by molar-refractivity contribution is -0.133. The van der Waals surface area contributed by atoms with E-state index in [2.05, 4.69) is 5.32 Å². The molecule has 0 heterocycles. The van der Waals surface area contributed by atoms with Crippen LogP contribution in [0.15, 0.2) is 59.5 Å². The summed E-state index contributed by atoms with van der Waals surface area (Å²) in [6, 6.07) is 13.7. The molecule has 0 bridgehead atoms. The molecule has 0 saturated heterocycles. The molecule has 2 aromatic rings. The maximum absolute atomic E-state index is 13.6. The zero-order valence-electron chi connectivity index (χ0n) is 20.3. The number of rotatable bonds is 14. The third kappa shape index (κ3) is 8.62. The van der Waals surface area contributed by atoms with Crippen LogP contribution in [0, 0.1) is 0 Å². The molecule has 0 fully saturated rings. The number of ether oxygens (including phenoxy) is 1. The van der Waals surface area contributed by atoms with E-state index >= 15 is 0 Å². The van der Waals surface area contributed by atoms with E-state index in [0.29, 0.717) is 30.7 Å². The molecule has 35 heavy (non-hydrogen) atoms. The maximum Gasteiger partial charge on any atom is 0.261 e. The Morgan fingerprint density at radius 3 is 2.26 bits per heavy atom. The quantitative estimate of drug-likeness (QED) is 0.202. The van der Waals surface area contributed by atoms with Crippen molar-refractivity contribution < 1.29 is 28.0 Å². The van der Waals surface area contributed by atoms with Crippen LogP contribution in [0.1, 0.15) is 24.8 Å². The predicted octanol–water partition coefficient (Wildman–Crippen LogP) is 1.61. The molecule has 0 aliphatic rings. The van der Waals surface area contributed by atoms with Gasteiger partial charge in [0.2, 0.25) is 15.9 Å². The number of hydroxylamine groups is 1. The first kappa shape index (κ1) is 28.2. The van der Waals surface area contributed by atoms with E-state index in [4.69, 9.17) is 4.74 Å². The number of sulfonamides is 1. The predicted molar refractivity (Wildman–Crippen MR) is 131 cm³/mol. The number of nitrogens with one attached hydrogen (secondary N) is 2. The fraction of sp³-hybridized carbons (Fsp3) is 0.417. The van der Waals surface area contributed by atoms with Crippen LogP contribution in [-0.2, 0) is 26.2 Å². The van der Waals surface area contributed by atoms with Crippen molar-refractivity contribution in [3.8, 4) is 5.75 Å². The van der Waals surface area contributed by atoms with Gasteiger partial charge in [0.1, 0.15) is 11.8 Å². The first-order chi connectivity index (χ1) is 16.7. The molecule has 0 aliphatic carbocycles. The molecular formula is C24H34N4O6S. The Morgan fingerprint density at radius 2 is 1.69 bits per heavy atom. The van der Waals surface area contributed by atoms with Gasteiger partial charge < -0.3 is 15.0 Å². The second-order valence-electron chi connectivity index (χ2n) is 8.29. The summed E-state index contributed by atoms with van der Waals surface area (Å²) in [6.45, 7) is 0.595. The third-order valence-corrected chi connectivity index (χ3v) is 7.16. The van der Waals surface area contributed by atoms with E-state index in [0.717, 1.165) is 4.31 Å². The second-order valence-corrected chi connectivity index (χ2v) is 10.2. The van der Waals surface area contributed by atoms with Crippen LogP contribution in [0.2, 0.25) is 0 Å². The van der Waals surface area contributed by atoms with Crippen LogP contribution >= 0.6 is 0 Å². The highest BCUT2D eigenvalue weighted by molar-refractivity contribution is 7.89. The first-order valence-corrected chi connectivity index (χ1v) is 12.7. The molecule has 2 rings (SSSR count). The van der Waals surface area contributed by atoms with E-state index < -0.39 is 22.0 Å². The van der Waals surface area contributed by atoms with Crippen molar-refractivity contribution in [1.29, 1.82) is 0 Å². The molecule has 11 heteroatoms. The molecule has 0 aliphatic heterocycles. The van der Waals surface area contributed by atoms with Gasteiger partial charge in [-0.3, -0.25) is 14.8 Å². The largest absolute Gasteiger partial charge is 0.497 e. The Kier molecular flexibility index (Phi) is 11.1. The Morgan fingerprint density at radius 1 is 1.03 bits per heavy atom. The third-order valence-electron chi connectivity index (χ3n) is 5.29. The average Bonchev–Trinajstić information content (AvgIpc) is 2.84. The molecule has 2 aromatic carbocycles. The van der Waals surface area contributed by atoms with Crippen LogP contribution in [0.4, 0.5) is 0 Å². The van der Waals surface area contributed by atoms with Crippen molar-refractivity contribution in [3.63, 3.8) is 0 Å². The number of carbonyl (C=O) groups excluding carboxylic acids is 2. The molecule has 0 radical (unpaired) electrons. The number of hydrogen-bond acceptors (Lipinski definition) is 7. The van der Waals surface area contributed by atoms with Crippen LogP contribution in [0.3, 0.4) is 0 Å². The van der Waals surface area contributed by atoms with Crippen molar-refractivity contribution in [2.75, 3.05) is 34.3 Å². The second kappa shape index (κ2) is 13.8. The van der Waals surface area contributed by atoms with Gasteiger partial charge in [-0.15, -0.1) is 0 Å². The fourth-order valence-corrected chi connectivity index (χ4v) is 5.13. The normalized spacial score (nSPS) is 12.4. The highest BCUT2D eigenvalue weighted by Crippen LogP contribution is 2.25. The van der Waals surface area contributed by atoms with Crippen molar-refractivity contribution in [1.82, 2.24) is 20.0 Å². The van der Waals surface area contributed by atoms with E-state index in [-0.39, 0.29) is 30.3 Å². The van der Waals surface area contributed by atoms with Crippen LogP contribution in [0.5, 0.6) is 5.75 Å². The minimum Gasteiger partial charge on any atom is -0.497 e. The highest BCUT2D eigenvalue weighted by atomic mass is 32.2. The average molecular weight is 507 g/mol. The van der Waals surface area contributed by atoms with Gasteiger partial charge in [0, 0.05) is 13.1 Å². The van der Waals surface area contributed by atoms with Crippen molar-refractivity contribution in [2.24, 2.45) is 0 Å². The molecule has 1 unspecified atom stereocenters. The number of methoxy groups -OCH3 is 1. The summed E-state index contributed by atoms with van der Waals surface area (Å²) < 4.78 is 33.5. The van der Waals surface area contributed by atoms with E-state index in [9.17, 15) is 23.2 Å². The number of amides is 2. The van der Waals surface area contributed by atoms with Crippen molar-refractivity contribution in [2.45, 2.75) is 36.7 Å². The lowest BCUT2D eigenvalue weighted by Gasteiger charge is -2.29. The Labute approximate surface area is 206 Å². The lowest BCUT2D eigenvalue weighted by Crippen LogP contribution is -2.48. The first-order valence-electron chi connectivity index (χ1n) is 11.2. The lowest BCUT2D eigenvalue weighted by atomic mass is 10.1. The zero-order valence-corrected chi connectivity index (χ0v) is 21.1. The standard InChI is InChI=1S/C24H34N4O6S/c1-27(2)18-23(29)25-16-8-7-11-22(24(30)26-31)28(17-19-9-5-4-6-10-19)35(32,33)21-14-12-20(34-3)13-15-21/h4-6,9-10,12-15,22,31H,7-8,11,16-18H2,1-3H3,(H,25,29)(H,26,30). The Hall–Kier alpha value is -2.99. The van der Waals surface area contributed by atoms with Gasteiger partial charge in [-0.1, -0.05) is 30.3 Å². The van der Waals surface area contributed by atoms with Crippen LogP contribution in [0.25, 0.3) is 0 Å². The van der Waals surface area contributed by atoms with E-state index in [1.54, 1.807) is 48.7 Å². The molecule has 0 saturated carbocycles. The molecule has 10 nitrogen and oxygen atoms in total. The highest BCUT2D eigenvalue weighted by Gasteiger charge is 2.35. The van der Waals surface area contributed by atoms with Gasteiger partial charge in [0.05, 0.1) is 18.6 Å². The zero-order chi connectivity index (χ0) is 25.8. The number of likely N-dealkylation sites (N-methyl/N-ethyl adjacent to an activating group) is 1. The number of unbranched alkanes of at least 4 members (excludes halogenated alkanes) is 1. The smallest absolute Gasteiger partial charge is 0.261 e. The molecule has 2 amide bonds. The van der Waals surface area contributed by atoms with Gasteiger partial charge in [-0.2, -0.15) is 4.31 Å². The summed E-state index contributed by atoms with van der Waals surface area (Å²) in [5, 5.41) is 12.2. The molecule has 0 spiro atoms. The van der Waals surface area contributed by atoms with Crippen molar-refractivity contribution >= 4 is 21.8 Å². The molecule has 192 valence electrons. The van der Waals surface area contributed by atoms with Gasteiger partial charge in [0.25, 0.3) is 5.91 Å². The minimum atomic E-state index is -4.12. The molecule has 1 atom stereocenters. The van der Waals surface area contributed by atoms with Crippen molar-refractivity contribution in [3.05, 3.63) is 60.2 Å². The SMILES string of the molecule is COc1ccc(S(=O)(=O)N(Cc2ccccc2)C(CCCCNC(=O)CN(C)C)C(=O)NO)cc1. The summed E-state index contributed by atoms with van der Waals surface area (Å²) in [5.74, 6) is -0.443. The molecule has 0 aromatic heterocycles. The van der Waals surface area contributed by atoms with Gasteiger partial charge >= 0.3 is 0 Å².